The first-order valence-corrected chi connectivity index (χ1v) is 10.00. The van der Waals surface area contributed by atoms with Gasteiger partial charge in [0.2, 0.25) is 0 Å². The SMILES string of the molecule is CC[C@H]1CCCCN1CCCNC(=O)[C@H](CC)Oc1cccc(OC)c1. The van der Waals surface area contributed by atoms with Crippen molar-refractivity contribution < 1.29 is 14.3 Å². The molecule has 1 N–H and O–H groups in total. The highest BCUT2D eigenvalue weighted by atomic mass is 16.5. The van der Waals surface area contributed by atoms with Crippen LogP contribution in [0.25, 0.3) is 0 Å². The van der Waals surface area contributed by atoms with E-state index in [1.165, 1.54) is 32.2 Å². The summed E-state index contributed by atoms with van der Waals surface area (Å²) in [5.41, 5.74) is 0. The molecule has 5 heteroatoms. The van der Waals surface area contributed by atoms with Crippen LogP contribution < -0.4 is 14.8 Å². The van der Waals surface area contributed by atoms with E-state index in [-0.39, 0.29) is 5.91 Å². The second kappa shape index (κ2) is 11.1. The minimum atomic E-state index is -0.472. The molecular weight excluding hydrogens is 328 g/mol. The first kappa shape index (κ1) is 20.6. The molecule has 1 amide bonds. The molecule has 0 aromatic heterocycles. The van der Waals surface area contributed by atoms with E-state index in [1.54, 1.807) is 13.2 Å². The molecule has 1 aromatic carbocycles. The zero-order chi connectivity index (χ0) is 18.8. The molecule has 0 saturated carbocycles. The topological polar surface area (TPSA) is 50.8 Å². The van der Waals surface area contributed by atoms with Crippen molar-refractivity contribution in [3.05, 3.63) is 24.3 Å². The van der Waals surface area contributed by atoms with Crippen LogP contribution in [0.3, 0.4) is 0 Å². The fraction of sp³-hybridized carbons (Fsp3) is 0.667. The summed E-state index contributed by atoms with van der Waals surface area (Å²) >= 11 is 0. The maximum absolute atomic E-state index is 12.4. The van der Waals surface area contributed by atoms with E-state index in [2.05, 4.69) is 17.1 Å². The van der Waals surface area contributed by atoms with Gasteiger partial charge in [-0.3, -0.25) is 4.79 Å². The third kappa shape index (κ3) is 6.20. The van der Waals surface area contributed by atoms with Gasteiger partial charge < -0.3 is 19.7 Å². The number of nitrogens with zero attached hydrogens (tertiary/aromatic N) is 1. The third-order valence-electron chi connectivity index (χ3n) is 5.12. The quantitative estimate of drug-likeness (QED) is 0.646. The lowest BCUT2D eigenvalue weighted by Gasteiger charge is -2.35. The molecule has 26 heavy (non-hydrogen) atoms. The second-order valence-corrected chi connectivity index (χ2v) is 6.93. The van der Waals surface area contributed by atoms with Crippen molar-refractivity contribution in [2.24, 2.45) is 0 Å². The second-order valence-electron chi connectivity index (χ2n) is 6.93. The molecule has 0 spiro atoms. The van der Waals surface area contributed by atoms with E-state index in [0.717, 1.165) is 24.8 Å². The lowest BCUT2D eigenvalue weighted by Crippen LogP contribution is -2.42. The number of rotatable bonds is 10. The van der Waals surface area contributed by atoms with Crippen LogP contribution in [0, 0.1) is 0 Å². The van der Waals surface area contributed by atoms with Gasteiger partial charge in [-0.1, -0.05) is 26.3 Å². The van der Waals surface area contributed by atoms with Crippen molar-refractivity contribution in [1.29, 1.82) is 0 Å². The van der Waals surface area contributed by atoms with E-state index >= 15 is 0 Å². The number of carbonyl (C=O) groups is 1. The van der Waals surface area contributed by atoms with Gasteiger partial charge in [-0.05, 0) is 50.8 Å². The fourth-order valence-corrected chi connectivity index (χ4v) is 3.59. The lowest BCUT2D eigenvalue weighted by molar-refractivity contribution is -0.128. The van der Waals surface area contributed by atoms with Gasteiger partial charge in [-0.25, -0.2) is 0 Å². The van der Waals surface area contributed by atoms with E-state index in [0.29, 0.717) is 18.7 Å². The zero-order valence-corrected chi connectivity index (χ0v) is 16.5. The Labute approximate surface area is 158 Å². The van der Waals surface area contributed by atoms with Gasteiger partial charge >= 0.3 is 0 Å². The number of likely N-dealkylation sites (tertiary alicyclic amines) is 1. The van der Waals surface area contributed by atoms with E-state index in [1.807, 2.05) is 25.1 Å². The Morgan fingerprint density at radius 1 is 1.31 bits per heavy atom. The van der Waals surface area contributed by atoms with Crippen molar-refractivity contribution >= 4 is 5.91 Å². The van der Waals surface area contributed by atoms with Crippen LogP contribution >= 0.6 is 0 Å². The molecule has 1 fully saturated rings. The number of amides is 1. The number of piperidine rings is 1. The Morgan fingerprint density at radius 2 is 2.12 bits per heavy atom. The molecule has 1 aliphatic rings. The van der Waals surface area contributed by atoms with Gasteiger partial charge in [0.1, 0.15) is 11.5 Å². The van der Waals surface area contributed by atoms with Crippen molar-refractivity contribution in [2.75, 3.05) is 26.7 Å². The number of benzene rings is 1. The first-order chi connectivity index (χ1) is 12.7. The Hall–Kier alpha value is -1.75. The van der Waals surface area contributed by atoms with Crippen molar-refractivity contribution in [1.82, 2.24) is 10.2 Å². The summed E-state index contributed by atoms with van der Waals surface area (Å²) in [6.45, 7) is 7.19. The standard InChI is InChI=1S/C21H34N2O3/c1-4-17-10-6-7-14-23(17)15-9-13-22-21(24)20(5-2)26-19-12-8-11-18(16-19)25-3/h8,11-12,16-17,20H,4-7,9-10,13-15H2,1-3H3,(H,22,24)/t17-,20-/m0/s1. The molecule has 1 aliphatic heterocycles. The van der Waals surface area contributed by atoms with Gasteiger partial charge in [0.25, 0.3) is 5.91 Å². The Bertz CT molecular complexity index is 550. The highest BCUT2D eigenvalue weighted by molar-refractivity contribution is 5.81. The third-order valence-corrected chi connectivity index (χ3v) is 5.12. The number of ether oxygens (including phenoxy) is 2. The number of hydrogen-bond acceptors (Lipinski definition) is 4. The summed E-state index contributed by atoms with van der Waals surface area (Å²) in [6.07, 6.45) is 6.33. The summed E-state index contributed by atoms with van der Waals surface area (Å²) in [7, 11) is 1.62. The normalized spacial score (nSPS) is 19.0. The molecule has 146 valence electrons. The highest BCUT2D eigenvalue weighted by Crippen LogP contribution is 2.21. The van der Waals surface area contributed by atoms with Gasteiger partial charge in [-0.15, -0.1) is 0 Å². The van der Waals surface area contributed by atoms with Crippen LogP contribution in [0.2, 0.25) is 0 Å². The summed E-state index contributed by atoms with van der Waals surface area (Å²) in [4.78, 5) is 15.0. The molecule has 1 saturated heterocycles. The van der Waals surface area contributed by atoms with E-state index in [9.17, 15) is 4.79 Å². The monoisotopic (exact) mass is 362 g/mol. The molecule has 2 rings (SSSR count). The van der Waals surface area contributed by atoms with Crippen molar-refractivity contribution in [2.45, 2.75) is 64.5 Å². The molecule has 0 bridgehead atoms. The Kier molecular flexibility index (Phi) is 8.75. The summed E-state index contributed by atoms with van der Waals surface area (Å²) in [5.74, 6) is 1.34. The fourth-order valence-electron chi connectivity index (χ4n) is 3.59. The van der Waals surface area contributed by atoms with E-state index < -0.39 is 6.10 Å². The average Bonchev–Trinajstić information content (AvgIpc) is 2.69. The van der Waals surface area contributed by atoms with Gasteiger partial charge in [0.15, 0.2) is 6.10 Å². The van der Waals surface area contributed by atoms with Crippen molar-refractivity contribution in [3.8, 4) is 11.5 Å². The van der Waals surface area contributed by atoms with Crippen LogP contribution in [0.1, 0.15) is 52.4 Å². The van der Waals surface area contributed by atoms with E-state index in [4.69, 9.17) is 9.47 Å². The smallest absolute Gasteiger partial charge is 0.261 e. The molecular formula is C21H34N2O3. The van der Waals surface area contributed by atoms with Gasteiger partial charge in [0.05, 0.1) is 7.11 Å². The average molecular weight is 363 g/mol. The van der Waals surface area contributed by atoms with Crippen LogP contribution in [-0.4, -0.2) is 49.7 Å². The number of methoxy groups -OCH3 is 1. The molecule has 0 aliphatic carbocycles. The molecule has 0 unspecified atom stereocenters. The number of hydrogen-bond donors (Lipinski definition) is 1. The van der Waals surface area contributed by atoms with Gasteiger partial charge in [-0.2, -0.15) is 0 Å². The zero-order valence-electron chi connectivity index (χ0n) is 16.5. The van der Waals surface area contributed by atoms with Crippen LogP contribution in [-0.2, 0) is 4.79 Å². The number of nitrogens with one attached hydrogen (secondary N) is 1. The highest BCUT2D eigenvalue weighted by Gasteiger charge is 2.21. The maximum atomic E-state index is 12.4. The Balaban J connectivity index is 1.74. The first-order valence-electron chi connectivity index (χ1n) is 10.00. The molecule has 1 aromatic rings. The lowest BCUT2D eigenvalue weighted by atomic mass is 10.00. The predicted octanol–water partition coefficient (Wildman–Crippen LogP) is 3.62. The summed E-state index contributed by atoms with van der Waals surface area (Å²) < 4.78 is 11.0. The molecule has 5 nitrogen and oxygen atoms in total. The molecule has 2 atom stereocenters. The summed E-state index contributed by atoms with van der Waals surface area (Å²) in [6, 6.07) is 8.09. The molecule has 0 radical (unpaired) electrons. The van der Waals surface area contributed by atoms with Crippen LogP contribution in [0.4, 0.5) is 0 Å². The van der Waals surface area contributed by atoms with Gasteiger partial charge in [0, 0.05) is 25.2 Å². The largest absolute Gasteiger partial charge is 0.497 e. The van der Waals surface area contributed by atoms with Crippen LogP contribution in [0.5, 0.6) is 11.5 Å². The minimum Gasteiger partial charge on any atom is -0.497 e. The molecule has 1 heterocycles. The van der Waals surface area contributed by atoms with Crippen molar-refractivity contribution in [3.63, 3.8) is 0 Å². The summed E-state index contributed by atoms with van der Waals surface area (Å²) in [5, 5.41) is 3.03. The predicted molar refractivity (Wildman–Crippen MR) is 105 cm³/mol. The Morgan fingerprint density at radius 3 is 2.85 bits per heavy atom. The number of carbonyl (C=O) groups excluding carboxylic acids is 1. The van der Waals surface area contributed by atoms with Crippen LogP contribution in [0.15, 0.2) is 24.3 Å². The minimum absolute atomic E-state index is 0.0407. The maximum Gasteiger partial charge on any atom is 0.261 e.